The Morgan fingerprint density at radius 3 is 2.88 bits per heavy atom. The van der Waals surface area contributed by atoms with Crippen LogP contribution in [0.4, 0.5) is 0 Å². The summed E-state index contributed by atoms with van der Waals surface area (Å²) < 4.78 is 0. The highest BCUT2D eigenvalue weighted by molar-refractivity contribution is 7.20. The summed E-state index contributed by atoms with van der Waals surface area (Å²) in [7, 11) is 0. The van der Waals surface area contributed by atoms with Crippen molar-refractivity contribution in [3.05, 3.63) is 28.1 Å². The number of aryl methyl sites for hydroxylation is 2. The molecule has 0 bridgehead atoms. The number of Topliss-reactive ketones (excluding diaryl/α,β-unsaturated/α-hetero) is 1. The third-order valence-corrected chi connectivity index (χ3v) is 4.40. The molecule has 0 unspecified atom stereocenters. The normalized spacial score (nSPS) is 10.6. The van der Waals surface area contributed by atoms with Crippen molar-refractivity contribution in [2.24, 2.45) is 0 Å². The second-order valence-corrected chi connectivity index (χ2v) is 5.55. The molecular weight excluding hydrogens is 238 g/mol. The van der Waals surface area contributed by atoms with Crippen LogP contribution < -0.4 is 0 Å². The van der Waals surface area contributed by atoms with Gasteiger partial charge in [0.15, 0.2) is 0 Å². The molecule has 0 aliphatic carbocycles. The molecule has 0 saturated heterocycles. The van der Waals surface area contributed by atoms with E-state index in [1.165, 1.54) is 10.4 Å². The lowest BCUT2D eigenvalue weighted by Crippen LogP contribution is -1.93. The maximum Gasteiger partial charge on any atom is 0.133 e. The molecule has 0 aliphatic heterocycles. The lowest BCUT2D eigenvalue weighted by molar-refractivity contribution is -0.116. The standard InChI is InChI=1S/C12H13NOS2/c1-8-5-6-15-11(8)12-13-10(7-16-12)4-3-9(2)14/h5-7H,3-4H2,1-2H3. The fourth-order valence-corrected chi connectivity index (χ4v) is 3.38. The van der Waals surface area contributed by atoms with Gasteiger partial charge in [-0.2, -0.15) is 0 Å². The van der Waals surface area contributed by atoms with Crippen molar-refractivity contribution in [1.29, 1.82) is 0 Å². The number of thiophene rings is 1. The van der Waals surface area contributed by atoms with Crippen molar-refractivity contribution in [2.75, 3.05) is 0 Å². The van der Waals surface area contributed by atoms with Crippen LogP contribution in [0, 0.1) is 6.92 Å². The minimum atomic E-state index is 0.224. The number of rotatable bonds is 4. The lowest BCUT2D eigenvalue weighted by atomic mass is 10.2. The van der Waals surface area contributed by atoms with Crippen LogP contribution in [0.3, 0.4) is 0 Å². The van der Waals surface area contributed by atoms with Gasteiger partial charge in [-0.1, -0.05) is 0 Å². The zero-order chi connectivity index (χ0) is 11.5. The molecule has 0 amide bonds. The van der Waals surface area contributed by atoms with Gasteiger partial charge in [-0.25, -0.2) is 4.98 Å². The molecule has 2 heterocycles. The van der Waals surface area contributed by atoms with Crippen molar-refractivity contribution >= 4 is 28.5 Å². The van der Waals surface area contributed by atoms with Crippen LogP contribution in [0.15, 0.2) is 16.8 Å². The molecule has 0 N–H and O–H groups in total. The highest BCUT2D eigenvalue weighted by atomic mass is 32.1. The predicted molar refractivity (Wildman–Crippen MR) is 69.2 cm³/mol. The van der Waals surface area contributed by atoms with Crippen molar-refractivity contribution in [1.82, 2.24) is 4.98 Å². The molecule has 0 aliphatic rings. The Balaban J connectivity index is 2.14. The quantitative estimate of drug-likeness (QED) is 0.829. The molecule has 0 saturated carbocycles. The van der Waals surface area contributed by atoms with Gasteiger partial charge in [0, 0.05) is 11.8 Å². The largest absolute Gasteiger partial charge is 0.300 e. The first-order valence-corrected chi connectivity index (χ1v) is 6.91. The molecule has 2 rings (SSSR count). The molecule has 2 nitrogen and oxygen atoms in total. The number of ketones is 1. The molecule has 0 atom stereocenters. The van der Waals surface area contributed by atoms with Gasteiger partial charge in [0.1, 0.15) is 10.8 Å². The zero-order valence-electron chi connectivity index (χ0n) is 9.32. The van der Waals surface area contributed by atoms with Crippen molar-refractivity contribution in [3.63, 3.8) is 0 Å². The summed E-state index contributed by atoms with van der Waals surface area (Å²) in [6, 6.07) is 2.11. The minimum Gasteiger partial charge on any atom is -0.300 e. The van der Waals surface area contributed by atoms with Gasteiger partial charge in [0.2, 0.25) is 0 Å². The Hall–Kier alpha value is -1.00. The summed E-state index contributed by atoms with van der Waals surface area (Å²) in [6.07, 6.45) is 1.35. The van der Waals surface area contributed by atoms with Crippen LogP contribution in [0.25, 0.3) is 9.88 Å². The van der Waals surface area contributed by atoms with Crippen molar-refractivity contribution < 1.29 is 4.79 Å². The molecule has 84 valence electrons. The Morgan fingerprint density at radius 2 is 2.25 bits per heavy atom. The summed E-state index contributed by atoms with van der Waals surface area (Å²) in [6.45, 7) is 3.72. The monoisotopic (exact) mass is 251 g/mol. The summed E-state index contributed by atoms with van der Waals surface area (Å²) in [5.41, 5.74) is 2.31. The van der Waals surface area contributed by atoms with E-state index in [1.807, 2.05) is 0 Å². The van der Waals surface area contributed by atoms with Crippen LogP contribution in [0.5, 0.6) is 0 Å². The van der Waals surface area contributed by atoms with E-state index in [4.69, 9.17) is 0 Å². The smallest absolute Gasteiger partial charge is 0.133 e. The summed E-state index contributed by atoms with van der Waals surface area (Å²) >= 11 is 3.38. The van der Waals surface area contributed by atoms with Gasteiger partial charge < -0.3 is 4.79 Å². The molecule has 16 heavy (non-hydrogen) atoms. The van der Waals surface area contributed by atoms with Crippen molar-refractivity contribution in [3.8, 4) is 9.88 Å². The first-order valence-electron chi connectivity index (χ1n) is 5.15. The summed E-state index contributed by atoms with van der Waals surface area (Å²) in [4.78, 5) is 16.7. The lowest BCUT2D eigenvalue weighted by Gasteiger charge is -1.93. The first kappa shape index (κ1) is 11.5. The molecular formula is C12H13NOS2. The van der Waals surface area contributed by atoms with E-state index in [0.29, 0.717) is 6.42 Å². The maximum atomic E-state index is 10.9. The predicted octanol–water partition coefficient (Wildman–Crippen LogP) is 3.70. The van der Waals surface area contributed by atoms with Crippen LogP contribution in [-0.2, 0) is 11.2 Å². The van der Waals surface area contributed by atoms with Crippen LogP contribution in [-0.4, -0.2) is 10.8 Å². The molecule has 4 heteroatoms. The number of hydrogen-bond acceptors (Lipinski definition) is 4. The number of nitrogens with zero attached hydrogens (tertiary/aromatic N) is 1. The van der Waals surface area contributed by atoms with Crippen molar-refractivity contribution in [2.45, 2.75) is 26.7 Å². The summed E-state index contributed by atoms with van der Waals surface area (Å²) in [5, 5.41) is 5.21. The molecule has 2 aromatic heterocycles. The molecule has 0 aromatic carbocycles. The summed E-state index contributed by atoms with van der Waals surface area (Å²) in [5.74, 6) is 0.224. The highest BCUT2D eigenvalue weighted by Crippen LogP contribution is 2.31. The average Bonchev–Trinajstić information content (AvgIpc) is 2.83. The van der Waals surface area contributed by atoms with Gasteiger partial charge in [-0.05, 0) is 37.3 Å². The third-order valence-electron chi connectivity index (χ3n) is 2.34. The minimum absolute atomic E-state index is 0.224. The fraction of sp³-hybridized carbons (Fsp3) is 0.333. The van der Waals surface area contributed by atoms with E-state index in [-0.39, 0.29) is 5.78 Å². The Labute approximate surface area is 103 Å². The molecule has 0 fully saturated rings. The van der Waals surface area contributed by atoms with Gasteiger partial charge in [-0.3, -0.25) is 0 Å². The van der Waals surface area contributed by atoms with E-state index in [0.717, 1.165) is 17.1 Å². The topological polar surface area (TPSA) is 30.0 Å². The second kappa shape index (κ2) is 4.89. The van der Waals surface area contributed by atoms with Crippen LogP contribution in [0.1, 0.15) is 24.6 Å². The van der Waals surface area contributed by atoms with E-state index >= 15 is 0 Å². The fourth-order valence-electron chi connectivity index (χ4n) is 1.42. The second-order valence-electron chi connectivity index (χ2n) is 3.78. The third kappa shape index (κ3) is 2.57. The Bertz CT molecular complexity index is 499. The highest BCUT2D eigenvalue weighted by Gasteiger charge is 2.08. The van der Waals surface area contributed by atoms with Crippen LogP contribution >= 0.6 is 22.7 Å². The van der Waals surface area contributed by atoms with Gasteiger partial charge in [-0.15, -0.1) is 22.7 Å². The molecule has 0 radical (unpaired) electrons. The van der Waals surface area contributed by atoms with Gasteiger partial charge >= 0.3 is 0 Å². The Morgan fingerprint density at radius 1 is 1.44 bits per heavy atom. The van der Waals surface area contributed by atoms with E-state index in [1.54, 1.807) is 29.6 Å². The number of aromatic nitrogens is 1. The molecule has 2 aromatic rings. The number of carbonyl (C=O) groups is 1. The maximum absolute atomic E-state index is 10.9. The van der Waals surface area contributed by atoms with E-state index < -0.39 is 0 Å². The number of carbonyl (C=O) groups excluding carboxylic acids is 1. The van der Waals surface area contributed by atoms with E-state index in [9.17, 15) is 4.79 Å². The SMILES string of the molecule is CC(=O)CCc1csc(-c2sccc2C)n1. The van der Waals surface area contributed by atoms with E-state index in [2.05, 4.69) is 28.7 Å². The number of hydrogen-bond donors (Lipinski definition) is 0. The van der Waals surface area contributed by atoms with Crippen LogP contribution in [0.2, 0.25) is 0 Å². The Kier molecular flexibility index (Phi) is 3.51. The van der Waals surface area contributed by atoms with Gasteiger partial charge in [0.05, 0.1) is 10.6 Å². The first-order chi connectivity index (χ1) is 7.66. The molecule has 0 spiro atoms. The number of thiazole rings is 1. The van der Waals surface area contributed by atoms with Gasteiger partial charge in [0.25, 0.3) is 0 Å². The zero-order valence-corrected chi connectivity index (χ0v) is 11.0. The average molecular weight is 251 g/mol.